The van der Waals surface area contributed by atoms with Gasteiger partial charge in [-0.25, -0.2) is 17.5 Å². The van der Waals surface area contributed by atoms with E-state index < -0.39 is 16.0 Å². The molecule has 0 aromatic heterocycles. The summed E-state index contributed by atoms with van der Waals surface area (Å²) in [4.78, 5) is 23.9. The molecule has 2 aromatic rings. The Bertz CT molecular complexity index is 966. The van der Waals surface area contributed by atoms with E-state index in [1.807, 2.05) is 0 Å². The first-order valence-electron chi connectivity index (χ1n) is 8.04. The third-order valence-electron chi connectivity index (χ3n) is 3.89. The number of rotatable bonds is 7. The largest absolute Gasteiger partial charge is 0.496 e. The number of sulfonamides is 1. The Balaban J connectivity index is 2.22. The molecule has 0 unspecified atom stereocenters. The van der Waals surface area contributed by atoms with Crippen molar-refractivity contribution >= 4 is 21.8 Å². The van der Waals surface area contributed by atoms with Crippen molar-refractivity contribution in [3.63, 3.8) is 0 Å². The van der Waals surface area contributed by atoms with E-state index >= 15 is 0 Å². The van der Waals surface area contributed by atoms with Gasteiger partial charge in [0.1, 0.15) is 12.4 Å². The fourth-order valence-corrected chi connectivity index (χ4v) is 3.28. The molecule has 27 heavy (non-hydrogen) atoms. The molecule has 0 fully saturated rings. The minimum atomic E-state index is -3.66. The van der Waals surface area contributed by atoms with E-state index in [2.05, 4.69) is 0 Å². The van der Waals surface area contributed by atoms with Gasteiger partial charge in [0.15, 0.2) is 5.78 Å². The van der Waals surface area contributed by atoms with E-state index in [4.69, 9.17) is 9.47 Å². The van der Waals surface area contributed by atoms with E-state index in [1.165, 1.54) is 52.4 Å². The van der Waals surface area contributed by atoms with Gasteiger partial charge in [-0.05, 0) is 43.3 Å². The maximum Gasteiger partial charge on any atom is 0.338 e. The molecule has 144 valence electrons. The molecule has 0 aliphatic carbocycles. The average molecular weight is 391 g/mol. The minimum absolute atomic E-state index is 0.00175. The van der Waals surface area contributed by atoms with Crippen LogP contribution in [0, 0.1) is 0 Å². The van der Waals surface area contributed by atoms with Gasteiger partial charge in [0.05, 0.1) is 17.6 Å². The van der Waals surface area contributed by atoms with Crippen molar-refractivity contribution < 1.29 is 27.5 Å². The van der Waals surface area contributed by atoms with Crippen LogP contribution < -0.4 is 4.74 Å². The quantitative estimate of drug-likeness (QED) is 0.532. The Morgan fingerprint density at radius 2 is 1.74 bits per heavy atom. The number of methoxy groups -OCH3 is 1. The second-order valence-electron chi connectivity index (χ2n) is 5.97. The molecule has 2 aromatic carbocycles. The van der Waals surface area contributed by atoms with Crippen LogP contribution in [0.15, 0.2) is 47.4 Å². The lowest BCUT2D eigenvalue weighted by Gasteiger charge is -2.13. The number of benzene rings is 2. The molecule has 0 saturated heterocycles. The van der Waals surface area contributed by atoms with Crippen LogP contribution in [0.3, 0.4) is 0 Å². The highest BCUT2D eigenvalue weighted by Gasteiger charge is 2.19. The zero-order valence-corrected chi connectivity index (χ0v) is 16.4. The van der Waals surface area contributed by atoms with Crippen LogP contribution in [0.25, 0.3) is 0 Å². The number of Topliss-reactive ketones (excluding diaryl/α,β-unsaturated/α-hetero) is 1. The third-order valence-corrected chi connectivity index (χ3v) is 5.71. The SMILES string of the molecule is COc1ccc(C(C)=O)cc1COC(=O)c1cccc(S(=O)(=O)N(C)C)c1. The van der Waals surface area contributed by atoms with Crippen molar-refractivity contribution in [2.75, 3.05) is 21.2 Å². The number of carbonyl (C=O) groups is 2. The first-order chi connectivity index (χ1) is 12.7. The molecule has 0 aliphatic heterocycles. The van der Waals surface area contributed by atoms with E-state index in [0.717, 1.165) is 4.31 Å². The summed E-state index contributed by atoms with van der Waals surface area (Å²) >= 11 is 0. The van der Waals surface area contributed by atoms with Crippen LogP contribution in [0.4, 0.5) is 0 Å². The summed E-state index contributed by atoms with van der Waals surface area (Å²) in [6.45, 7) is 1.32. The van der Waals surface area contributed by atoms with Crippen LogP contribution >= 0.6 is 0 Å². The average Bonchev–Trinajstić information content (AvgIpc) is 2.65. The van der Waals surface area contributed by atoms with Gasteiger partial charge in [-0.2, -0.15) is 0 Å². The van der Waals surface area contributed by atoms with Crippen molar-refractivity contribution in [1.29, 1.82) is 0 Å². The van der Waals surface area contributed by atoms with Gasteiger partial charge < -0.3 is 9.47 Å². The topological polar surface area (TPSA) is 90.0 Å². The Labute approximate surface area is 158 Å². The van der Waals surface area contributed by atoms with Crippen LogP contribution in [0.5, 0.6) is 5.75 Å². The number of hydrogen-bond donors (Lipinski definition) is 0. The Morgan fingerprint density at radius 1 is 1.04 bits per heavy atom. The van der Waals surface area contributed by atoms with E-state index in [1.54, 1.807) is 18.2 Å². The van der Waals surface area contributed by atoms with Crippen LogP contribution in [0.1, 0.15) is 33.2 Å². The molecule has 0 N–H and O–H groups in total. The lowest BCUT2D eigenvalue weighted by Crippen LogP contribution is -2.22. The van der Waals surface area contributed by atoms with Gasteiger partial charge in [-0.1, -0.05) is 6.07 Å². The van der Waals surface area contributed by atoms with Gasteiger partial charge >= 0.3 is 5.97 Å². The predicted molar refractivity (Wildman–Crippen MR) is 99.4 cm³/mol. The van der Waals surface area contributed by atoms with Crippen LogP contribution in [0.2, 0.25) is 0 Å². The summed E-state index contributed by atoms with van der Waals surface area (Å²) in [5, 5.41) is 0. The van der Waals surface area contributed by atoms with E-state index in [0.29, 0.717) is 16.9 Å². The molecular weight excluding hydrogens is 370 g/mol. The molecule has 8 heteroatoms. The maximum absolute atomic E-state index is 12.3. The van der Waals surface area contributed by atoms with Crippen molar-refractivity contribution in [2.24, 2.45) is 0 Å². The monoisotopic (exact) mass is 391 g/mol. The lowest BCUT2D eigenvalue weighted by atomic mass is 10.1. The standard InChI is InChI=1S/C19H21NO6S/c1-13(21)14-8-9-18(25-4)16(10-14)12-26-19(22)15-6-5-7-17(11-15)27(23,24)20(2)3/h5-11H,12H2,1-4H3. The first-order valence-corrected chi connectivity index (χ1v) is 9.48. The summed E-state index contributed by atoms with van der Waals surface area (Å²) in [6.07, 6.45) is 0. The fourth-order valence-electron chi connectivity index (χ4n) is 2.33. The maximum atomic E-state index is 12.3. The minimum Gasteiger partial charge on any atom is -0.496 e. The third kappa shape index (κ3) is 4.72. The molecule has 0 bridgehead atoms. The number of carbonyl (C=O) groups excluding carboxylic acids is 2. The van der Waals surface area contributed by atoms with Gasteiger partial charge in [0.25, 0.3) is 0 Å². The molecule has 7 nitrogen and oxygen atoms in total. The Hall–Kier alpha value is -2.71. The Morgan fingerprint density at radius 3 is 2.33 bits per heavy atom. The molecule has 0 amide bonds. The second kappa shape index (κ2) is 8.32. The zero-order chi connectivity index (χ0) is 20.2. The van der Waals surface area contributed by atoms with Crippen molar-refractivity contribution in [3.8, 4) is 5.75 Å². The summed E-state index contributed by atoms with van der Waals surface area (Å²) < 4.78 is 36.0. The van der Waals surface area contributed by atoms with Gasteiger partial charge in [0.2, 0.25) is 10.0 Å². The molecule has 0 aliphatic rings. The van der Waals surface area contributed by atoms with E-state index in [9.17, 15) is 18.0 Å². The highest BCUT2D eigenvalue weighted by atomic mass is 32.2. The van der Waals surface area contributed by atoms with E-state index in [-0.39, 0.29) is 22.8 Å². The molecule has 0 spiro atoms. The van der Waals surface area contributed by atoms with Crippen molar-refractivity contribution in [1.82, 2.24) is 4.31 Å². The van der Waals surface area contributed by atoms with Gasteiger partial charge in [0, 0.05) is 25.2 Å². The summed E-state index contributed by atoms with van der Waals surface area (Å²) in [6, 6.07) is 10.5. The number of ketones is 1. The smallest absolute Gasteiger partial charge is 0.338 e. The second-order valence-corrected chi connectivity index (χ2v) is 8.13. The van der Waals surface area contributed by atoms with Gasteiger partial charge in [-0.15, -0.1) is 0 Å². The molecule has 0 atom stereocenters. The summed E-state index contributed by atoms with van der Waals surface area (Å²) in [7, 11) is 0.641. The predicted octanol–water partition coefficient (Wildman–Crippen LogP) is 2.51. The molecule has 0 saturated carbocycles. The lowest BCUT2D eigenvalue weighted by molar-refractivity contribution is 0.0470. The highest BCUT2D eigenvalue weighted by Crippen LogP contribution is 2.22. The van der Waals surface area contributed by atoms with Crippen LogP contribution in [-0.2, 0) is 21.4 Å². The first kappa shape index (κ1) is 20.6. The molecular formula is C19H21NO6S. The van der Waals surface area contributed by atoms with Crippen molar-refractivity contribution in [2.45, 2.75) is 18.4 Å². The van der Waals surface area contributed by atoms with Crippen molar-refractivity contribution in [3.05, 3.63) is 59.2 Å². The van der Waals surface area contributed by atoms with Gasteiger partial charge in [-0.3, -0.25) is 4.79 Å². The molecule has 0 radical (unpaired) electrons. The number of hydrogen-bond acceptors (Lipinski definition) is 6. The Kier molecular flexibility index (Phi) is 6.35. The summed E-state index contributed by atoms with van der Waals surface area (Å²) in [5.41, 5.74) is 1.12. The highest BCUT2D eigenvalue weighted by molar-refractivity contribution is 7.89. The zero-order valence-electron chi connectivity index (χ0n) is 15.6. The fraction of sp³-hybridized carbons (Fsp3) is 0.263. The number of nitrogens with zero attached hydrogens (tertiary/aromatic N) is 1. The van der Waals surface area contributed by atoms with Crippen LogP contribution in [-0.4, -0.2) is 45.7 Å². The summed E-state index contributed by atoms with van der Waals surface area (Å²) in [5.74, 6) is -0.315. The molecule has 0 heterocycles. The normalized spacial score (nSPS) is 11.3. The molecule has 2 rings (SSSR count). The number of ether oxygens (including phenoxy) is 2. The number of esters is 1.